The first-order chi connectivity index (χ1) is 10.5. The van der Waals surface area contributed by atoms with Crippen molar-refractivity contribution >= 4 is 17.5 Å². The van der Waals surface area contributed by atoms with Crippen LogP contribution in [-0.2, 0) is 0 Å². The van der Waals surface area contributed by atoms with E-state index in [-0.39, 0.29) is 23.2 Å². The van der Waals surface area contributed by atoms with E-state index in [1.807, 2.05) is 43.3 Å². The fourth-order valence-electron chi connectivity index (χ4n) is 2.07. The van der Waals surface area contributed by atoms with Crippen LogP contribution in [0.3, 0.4) is 0 Å². The second-order valence-electron chi connectivity index (χ2n) is 5.02. The van der Waals surface area contributed by atoms with Crippen molar-refractivity contribution in [1.82, 2.24) is 20.4 Å². The fourth-order valence-corrected chi connectivity index (χ4v) is 2.33. The monoisotopic (exact) mass is 320 g/mol. The van der Waals surface area contributed by atoms with Gasteiger partial charge in [-0.15, -0.1) is 0 Å². The lowest BCUT2D eigenvalue weighted by Crippen LogP contribution is -2.35. The molecule has 0 spiro atoms. The highest BCUT2D eigenvalue weighted by molar-refractivity contribution is 6.31. The number of rotatable bonds is 5. The van der Waals surface area contributed by atoms with E-state index in [9.17, 15) is 9.59 Å². The molecular formula is C15H17ClN4O2. The van der Waals surface area contributed by atoms with Gasteiger partial charge in [0.15, 0.2) is 0 Å². The lowest BCUT2D eigenvalue weighted by Gasteiger charge is -2.25. The number of amides is 1. The van der Waals surface area contributed by atoms with E-state index < -0.39 is 0 Å². The average molecular weight is 321 g/mol. The minimum absolute atomic E-state index is 0.0691. The van der Waals surface area contributed by atoms with Crippen LogP contribution in [0.25, 0.3) is 0 Å². The second-order valence-corrected chi connectivity index (χ2v) is 5.42. The summed E-state index contributed by atoms with van der Waals surface area (Å²) in [5, 5.41) is 9.39. The third-order valence-electron chi connectivity index (χ3n) is 3.26. The molecular weight excluding hydrogens is 304 g/mol. The molecule has 1 aromatic heterocycles. The van der Waals surface area contributed by atoms with Gasteiger partial charge in [0, 0.05) is 17.6 Å². The number of likely N-dealkylation sites (N-methyl/N-ethyl adjacent to an activating group) is 1. The lowest BCUT2D eigenvalue weighted by molar-refractivity contribution is 0.0936. The van der Waals surface area contributed by atoms with Crippen LogP contribution >= 0.6 is 11.6 Å². The van der Waals surface area contributed by atoms with E-state index in [0.29, 0.717) is 11.6 Å². The first-order valence-electron chi connectivity index (χ1n) is 6.74. The number of halogens is 1. The third kappa shape index (κ3) is 3.93. The van der Waals surface area contributed by atoms with Crippen molar-refractivity contribution in [2.45, 2.75) is 6.04 Å². The maximum absolute atomic E-state index is 12.1. The Morgan fingerprint density at radius 2 is 2.05 bits per heavy atom. The maximum atomic E-state index is 12.1. The first-order valence-corrected chi connectivity index (χ1v) is 7.11. The molecule has 22 heavy (non-hydrogen) atoms. The summed E-state index contributed by atoms with van der Waals surface area (Å²) in [6.45, 7) is 0.371. The maximum Gasteiger partial charge on any atom is 0.271 e. The average Bonchev–Trinajstić information content (AvgIpc) is 2.49. The van der Waals surface area contributed by atoms with Crippen LogP contribution in [0.15, 0.2) is 41.2 Å². The van der Waals surface area contributed by atoms with Gasteiger partial charge < -0.3 is 10.2 Å². The van der Waals surface area contributed by atoms with E-state index >= 15 is 0 Å². The van der Waals surface area contributed by atoms with Crippen LogP contribution in [0.1, 0.15) is 22.1 Å². The smallest absolute Gasteiger partial charge is 0.271 e. The van der Waals surface area contributed by atoms with E-state index in [1.54, 1.807) is 0 Å². The molecule has 1 atom stereocenters. The standard InChI is InChI=1S/C15H17ClN4O2/c1-20(2)13(10-5-3-4-6-11(10)16)9-17-15(22)12-7-8-14(21)19-18-12/h3-8,13H,9H2,1-2H3,(H,17,22)(H,19,21)/t13-/m0/s1. The van der Waals surface area contributed by atoms with E-state index in [4.69, 9.17) is 11.6 Å². The number of aromatic amines is 1. The normalized spacial score (nSPS) is 12.2. The molecule has 0 saturated heterocycles. The van der Waals surface area contributed by atoms with Gasteiger partial charge in [-0.25, -0.2) is 5.10 Å². The molecule has 0 aliphatic carbocycles. The molecule has 1 aromatic carbocycles. The van der Waals surface area contributed by atoms with Crippen LogP contribution in [-0.4, -0.2) is 41.6 Å². The van der Waals surface area contributed by atoms with Crippen LogP contribution < -0.4 is 10.9 Å². The Kier molecular flexibility index (Phi) is 5.30. The molecule has 0 fully saturated rings. The summed E-state index contributed by atoms with van der Waals surface area (Å²) in [4.78, 5) is 25.0. The quantitative estimate of drug-likeness (QED) is 0.874. The number of nitrogens with zero attached hydrogens (tertiary/aromatic N) is 2. The van der Waals surface area contributed by atoms with Gasteiger partial charge in [0.2, 0.25) is 0 Å². The molecule has 7 heteroatoms. The van der Waals surface area contributed by atoms with Gasteiger partial charge in [-0.3, -0.25) is 9.59 Å². The van der Waals surface area contributed by atoms with Gasteiger partial charge in [0.05, 0.1) is 6.04 Å². The zero-order chi connectivity index (χ0) is 16.1. The van der Waals surface area contributed by atoms with Crippen LogP contribution in [0.2, 0.25) is 5.02 Å². The van der Waals surface area contributed by atoms with Crippen molar-refractivity contribution in [3.8, 4) is 0 Å². The SMILES string of the molecule is CN(C)[C@@H](CNC(=O)c1ccc(=O)[nH]n1)c1ccccc1Cl. The van der Waals surface area contributed by atoms with E-state index in [0.717, 1.165) is 5.56 Å². The van der Waals surface area contributed by atoms with Gasteiger partial charge >= 0.3 is 0 Å². The topological polar surface area (TPSA) is 78.1 Å². The highest BCUT2D eigenvalue weighted by atomic mass is 35.5. The number of H-pyrrole nitrogens is 1. The number of carbonyl (C=O) groups is 1. The van der Waals surface area contributed by atoms with Crippen LogP contribution in [0, 0.1) is 0 Å². The Bertz CT molecular complexity index is 694. The number of nitrogens with one attached hydrogen (secondary N) is 2. The molecule has 0 unspecified atom stereocenters. The predicted octanol–water partition coefficient (Wildman–Crippen LogP) is 1.46. The van der Waals surface area contributed by atoms with Crippen molar-refractivity contribution < 1.29 is 4.79 Å². The Labute approximate surface area is 133 Å². The molecule has 2 rings (SSSR count). The molecule has 0 radical (unpaired) electrons. The number of hydrogen-bond donors (Lipinski definition) is 2. The first kappa shape index (κ1) is 16.2. The Balaban J connectivity index is 2.10. The fraction of sp³-hybridized carbons (Fsp3) is 0.267. The van der Waals surface area contributed by atoms with Crippen molar-refractivity contribution in [2.75, 3.05) is 20.6 Å². The molecule has 2 aromatic rings. The number of benzene rings is 1. The summed E-state index contributed by atoms with van der Waals surface area (Å²) in [6, 6.07) is 10.1. The summed E-state index contributed by atoms with van der Waals surface area (Å²) >= 11 is 6.22. The lowest BCUT2D eigenvalue weighted by atomic mass is 10.1. The summed E-state index contributed by atoms with van der Waals surface area (Å²) in [6.07, 6.45) is 0. The molecule has 1 heterocycles. The molecule has 0 saturated carbocycles. The van der Waals surface area contributed by atoms with Gasteiger partial charge in [0.25, 0.3) is 11.5 Å². The summed E-state index contributed by atoms with van der Waals surface area (Å²) in [5.74, 6) is -0.352. The van der Waals surface area contributed by atoms with E-state index in [2.05, 4.69) is 15.5 Å². The van der Waals surface area contributed by atoms with Crippen LogP contribution in [0.4, 0.5) is 0 Å². The van der Waals surface area contributed by atoms with Crippen LogP contribution in [0.5, 0.6) is 0 Å². The largest absolute Gasteiger partial charge is 0.349 e. The zero-order valence-corrected chi connectivity index (χ0v) is 13.1. The van der Waals surface area contributed by atoms with Gasteiger partial charge in [-0.2, -0.15) is 5.10 Å². The molecule has 0 bridgehead atoms. The van der Waals surface area contributed by atoms with Gasteiger partial charge in [0.1, 0.15) is 5.69 Å². The molecule has 0 aliphatic rings. The summed E-state index contributed by atoms with van der Waals surface area (Å²) in [5.41, 5.74) is 0.749. The molecule has 116 valence electrons. The molecule has 6 nitrogen and oxygen atoms in total. The number of carbonyl (C=O) groups excluding carboxylic acids is 1. The van der Waals surface area contributed by atoms with Crippen molar-refractivity contribution in [2.24, 2.45) is 0 Å². The summed E-state index contributed by atoms with van der Waals surface area (Å²) < 4.78 is 0. The third-order valence-corrected chi connectivity index (χ3v) is 3.60. The van der Waals surface area contributed by atoms with E-state index in [1.165, 1.54) is 12.1 Å². The number of aromatic nitrogens is 2. The Morgan fingerprint density at radius 3 is 2.64 bits per heavy atom. The van der Waals surface area contributed by atoms with Crippen molar-refractivity contribution in [3.63, 3.8) is 0 Å². The Hall–Kier alpha value is -2.18. The van der Waals surface area contributed by atoms with Gasteiger partial charge in [-0.05, 0) is 31.8 Å². The summed E-state index contributed by atoms with van der Waals surface area (Å²) in [7, 11) is 3.83. The Morgan fingerprint density at radius 1 is 1.32 bits per heavy atom. The molecule has 2 N–H and O–H groups in total. The predicted molar refractivity (Wildman–Crippen MR) is 85.1 cm³/mol. The second kappa shape index (κ2) is 7.20. The van der Waals surface area contributed by atoms with Gasteiger partial charge in [-0.1, -0.05) is 29.8 Å². The molecule has 1 amide bonds. The highest BCUT2D eigenvalue weighted by Crippen LogP contribution is 2.25. The minimum Gasteiger partial charge on any atom is -0.349 e. The zero-order valence-electron chi connectivity index (χ0n) is 12.3. The molecule has 0 aliphatic heterocycles. The minimum atomic E-state index is -0.352. The number of hydrogen-bond acceptors (Lipinski definition) is 4. The highest BCUT2D eigenvalue weighted by Gasteiger charge is 2.18. The van der Waals surface area contributed by atoms with Crippen molar-refractivity contribution in [3.05, 3.63) is 63.0 Å². The van der Waals surface area contributed by atoms with Crippen molar-refractivity contribution in [1.29, 1.82) is 0 Å².